The van der Waals surface area contributed by atoms with E-state index in [-0.39, 0.29) is 17.0 Å². The van der Waals surface area contributed by atoms with Crippen molar-refractivity contribution in [3.63, 3.8) is 0 Å². The monoisotopic (exact) mass is 499 g/mol. The van der Waals surface area contributed by atoms with Crippen molar-refractivity contribution in [1.82, 2.24) is 29.5 Å². The van der Waals surface area contributed by atoms with Crippen LogP contribution in [0.3, 0.4) is 0 Å². The van der Waals surface area contributed by atoms with Crippen molar-refractivity contribution in [3.8, 4) is 22.8 Å². The van der Waals surface area contributed by atoms with Crippen LogP contribution >= 0.6 is 0 Å². The van der Waals surface area contributed by atoms with Crippen LogP contribution in [-0.4, -0.2) is 46.6 Å². The average Bonchev–Trinajstić information content (AvgIpc) is 3.56. The third-order valence-electron chi connectivity index (χ3n) is 6.29. The van der Waals surface area contributed by atoms with E-state index in [2.05, 4.69) is 19.9 Å². The van der Waals surface area contributed by atoms with Crippen molar-refractivity contribution < 1.29 is 8.60 Å². The van der Waals surface area contributed by atoms with Gasteiger partial charge in [-0.25, -0.2) is 28.8 Å². The lowest BCUT2D eigenvalue weighted by molar-refractivity contribution is 0.617. The van der Waals surface area contributed by atoms with E-state index in [0.717, 1.165) is 36.5 Å². The van der Waals surface area contributed by atoms with E-state index in [4.69, 9.17) is 10.1 Å². The third-order valence-corrected chi connectivity index (χ3v) is 7.00. The number of nitrogens with zero attached hydrogens (tertiary/aromatic N) is 7. The number of rotatable bonds is 5. The van der Waals surface area contributed by atoms with Crippen LogP contribution in [0.4, 0.5) is 10.2 Å². The molecule has 2 atom stereocenters. The van der Waals surface area contributed by atoms with E-state index >= 15 is 0 Å². The number of hydrogen-bond acceptors (Lipinski definition) is 7. The van der Waals surface area contributed by atoms with Crippen LogP contribution in [-0.2, 0) is 10.8 Å². The first-order valence-corrected chi connectivity index (χ1v) is 13.1. The van der Waals surface area contributed by atoms with Crippen molar-refractivity contribution in [2.24, 2.45) is 0 Å². The Hall–Kier alpha value is -4.05. The Morgan fingerprint density at radius 3 is 2.67 bits per heavy atom. The van der Waals surface area contributed by atoms with Gasteiger partial charge in [-0.3, -0.25) is 4.21 Å². The first-order valence-electron chi connectivity index (χ1n) is 11.6. The molecule has 0 bridgehead atoms. The van der Waals surface area contributed by atoms with Gasteiger partial charge in [0.15, 0.2) is 5.65 Å². The molecule has 0 aliphatic carbocycles. The van der Waals surface area contributed by atoms with Crippen molar-refractivity contribution in [3.05, 3.63) is 84.4 Å². The van der Waals surface area contributed by atoms with E-state index in [0.29, 0.717) is 22.7 Å². The molecule has 0 N–H and O–H groups in total. The second-order valence-corrected chi connectivity index (χ2v) is 9.87. The fourth-order valence-corrected chi connectivity index (χ4v) is 5.07. The Morgan fingerprint density at radius 1 is 0.972 bits per heavy atom. The normalized spacial score (nSPS) is 16.5. The maximum absolute atomic E-state index is 13.9. The zero-order valence-corrected chi connectivity index (χ0v) is 20.3. The molecule has 10 heteroatoms. The summed E-state index contributed by atoms with van der Waals surface area (Å²) >= 11 is 0. The number of benzene rings is 1. The highest BCUT2D eigenvalue weighted by molar-refractivity contribution is 7.84. The summed E-state index contributed by atoms with van der Waals surface area (Å²) in [7, 11) is -1.29. The van der Waals surface area contributed by atoms with Crippen molar-refractivity contribution in [2.75, 3.05) is 17.7 Å². The second kappa shape index (κ2) is 9.19. The predicted molar refractivity (Wildman–Crippen MR) is 135 cm³/mol. The number of fused-ring (bicyclic) bond motifs is 1. The van der Waals surface area contributed by atoms with E-state index in [1.54, 1.807) is 41.4 Å². The molecule has 8 nitrogen and oxygen atoms in total. The van der Waals surface area contributed by atoms with Crippen molar-refractivity contribution >= 4 is 22.3 Å². The van der Waals surface area contributed by atoms with E-state index in [1.807, 2.05) is 36.4 Å². The van der Waals surface area contributed by atoms with Gasteiger partial charge in [0, 0.05) is 19.0 Å². The van der Waals surface area contributed by atoms with Gasteiger partial charge in [0.2, 0.25) is 5.16 Å². The molecule has 1 saturated heterocycles. The molecule has 6 rings (SSSR count). The minimum absolute atomic E-state index is 0.0650. The lowest BCUT2D eigenvalue weighted by Gasteiger charge is -2.26. The van der Waals surface area contributed by atoms with Crippen molar-refractivity contribution in [1.29, 1.82) is 0 Å². The van der Waals surface area contributed by atoms with Gasteiger partial charge >= 0.3 is 0 Å². The predicted octanol–water partition coefficient (Wildman–Crippen LogP) is 4.47. The lowest BCUT2D eigenvalue weighted by atomic mass is 10.0. The van der Waals surface area contributed by atoms with Crippen LogP contribution in [0.2, 0.25) is 0 Å². The molecule has 1 aliphatic rings. The smallest absolute Gasteiger partial charge is 0.218 e. The minimum atomic E-state index is -1.29. The summed E-state index contributed by atoms with van der Waals surface area (Å²) in [5.41, 5.74) is 4.31. The standard InChI is InChI=1S/C26H22FN7OS/c1-36(35)26-28-13-12-20(31-26)19-7-3-8-21(30-19)23-16-29-24-10-11-25(32-34(23)24)33-14-4-9-22(33)17-5-2-6-18(27)15-17/h2-3,5-8,10-13,15-16,22H,4,9,14H2,1H3. The molecule has 1 aromatic carbocycles. The van der Waals surface area contributed by atoms with Crippen LogP contribution in [0.15, 0.2) is 78.2 Å². The molecule has 0 amide bonds. The molecular formula is C26H22FN7OS. The van der Waals surface area contributed by atoms with Gasteiger partial charge in [-0.1, -0.05) is 18.2 Å². The third kappa shape index (κ3) is 4.13. The quantitative estimate of drug-likeness (QED) is 0.330. The summed E-state index contributed by atoms with van der Waals surface area (Å²) in [4.78, 5) is 20.0. The van der Waals surface area contributed by atoms with Gasteiger partial charge in [0.05, 0.1) is 40.1 Å². The molecule has 5 aromatic rings. The highest BCUT2D eigenvalue weighted by Gasteiger charge is 2.28. The van der Waals surface area contributed by atoms with Crippen LogP contribution in [0, 0.1) is 5.82 Å². The summed E-state index contributed by atoms with van der Waals surface area (Å²) in [5, 5.41) is 5.18. The van der Waals surface area contributed by atoms with Gasteiger partial charge < -0.3 is 4.90 Å². The highest BCUT2D eigenvalue weighted by Crippen LogP contribution is 2.35. The Morgan fingerprint density at radius 2 is 1.81 bits per heavy atom. The van der Waals surface area contributed by atoms with Gasteiger partial charge in [0.1, 0.15) is 17.3 Å². The molecule has 1 fully saturated rings. The lowest BCUT2D eigenvalue weighted by Crippen LogP contribution is -2.24. The Bertz CT molecular complexity index is 1600. The fourth-order valence-electron chi connectivity index (χ4n) is 4.63. The van der Waals surface area contributed by atoms with Crippen LogP contribution in [0.5, 0.6) is 0 Å². The number of aromatic nitrogens is 6. The largest absolute Gasteiger partial charge is 0.348 e. The first kappa shape index (κ1) is 22.4. The Balaban J connectivity index is 1.38. The first-order chi connectivity index (χ1) is 17.6. The molecular weight excluding hydrogens is 477 g/mol. The zero-order valence-electron chi connectivity index (χ0n) is 19.5. The number of imidazole rings is 1. The van der Waals surface area contributed by atoms with E-state index in [1.165, 1.54) is 6.07 Å². The van der Waals surface area contributed by atoms with Crippen molar-refractivity contribution in [2.45, 2.75) is 24.0 Å². The Labute approximate surface area is 209 Å². The van der Waals surface area contributed by atoms with Gasteiger partial charge in [-0.15, -0.1) is 5.10 Å². The fraction of sp³-hybridized carbons (Fsp3) is 0.192. The zero-order chi connectivity index (χ0) is 24.6. The highest BCUT2D eigenvalue weighted by atomic mass is 32.2. The summed E-state index contributed by atoms with van der Waals surface area (Å²) in [6, 6.07) is 18.1. The number of pyridine rings is 1. The van der Waals surface area contributed by atoms with Gasteiger partial charge in [-0.05, 0) is 60.9 Å². The van der Waals surface area contributed by atoms with Crippen LogP contribution < -0.4 is 4.90 Å². The number of anilines is 1. The summed E-state index contributed by atoms with van der Waals surface area (Å²) < 4.78 is 27.5. The molecule has 4 aromatic heterocycles. The SMILES string of the molecule is CS(=O)c1nccc(-c2cccc(-c3cnc4ccc(N5CCCC5c5cccc(F)c5)nn34)n2)n1. The topological polar surface area (TPSA) is 89.2 Å². The summed E-state index contributed by atoms with van der Waals surface area (Å²) in [6.07, 6.45) is 6.82. The average molecular weight is 500 g/mol. The minimum Gasteiger partial charge on any atom is -0.348 e. The Kier molecular flexibility index (Phi) is 5.73. The summed E-state index contributed by atoms with van der Waals surface area (Å²) in [5.74, 6) is 0.571. The molecule has 1 aliphatic heterocycles. The van der Waals surface area contributed by atoms with E-state index in [9.17, 15) is 8.60 Å². The molecule has 180 valence electrons. The molecule has 0 spiro atoms. The molecule has 0 radical (unpaired) electrons. The molecule has 5 heterocycles. The second-order valence-electron chi connectivity index (χ2n) is 8.60. The van der Waals surface area contributed by atoms with Crippen LogP contribution in [0.1, 0.15) is 24.4 Å². The number of hydrogen-bond donors (Lipinski definition) is 0. The molecule has 2 unspecified atom stereocenters. The van der Waals surface area contributed by atoms with Crippen LogP contribution in [0.25, 0.3) is 28.4 Å². The maximum atomic E-state index is 13.9. The van der Waals surface area contributed by atoms with E-state index < -0.39 is 10.8 Å². The molecule has 36 heavy (non-hydrogen) atoms. The summed E-state index contributed by atoms with van der Waals surface area (Å²) in [6.45, 7) is 0.840. The number of halogens is 1. The van der Waals surface area contributed by atoms with Gasteiger partial charge in [-0.2, -0.15) is 0 Å². The van der Waals surface area contributed by atoms with Gasteiger partial charge in [0.25, 0.3) is 0 Å². The molecule has 0 saturated carbocycles. The maximum Gasteiger partial charge on any atom is 0.218 e.